The molecule has 0 aliphatic carbocycles. The molecule has 3 heterocycles. The van der Waals surface area contributed by atoms with Crippen molar-refractivity contribution in [3.63, 3.8) is 0 Å². The summed E-state index contributed by atoms with van der Waals surface area (Å²) in [5.41, 5.74) is 1.41. The van der Waals surface area contributed by atoms with Crippen LogP contribution >= 0.6 is 0 Å². The lowest BCUT2D eigenvalue weighted by molar-refractivity contribution is -0.126. The molecule has 4 rings (SSSR count). The van der Waals surface area contributed by atoms with E-state index < -0.39 is 0 Å². The molecule has 148 valence electrons. The molecule has 6 nitrogen and oxygen atoms in total. The number of hydrogen-bond acceptors (Lipinski definition) is 4. The second-order valence-corrected chi connectivity index (χ2v) is 7.15. The Bertz CT molecular complexity index is 934. The van der Waals surface area contributed by atoms with Crippen molar-refractivity contribution in [2.45, 2.75) is 18.9 Å². The van der Waals surface area contributed by atoms with E-state index in [4.69, 9.17) is 4.42 Å². The fourth-order valence-corrected chi connectivity index (χ4v) is 3.68. The highest BCUT2D eigenvalue weighted by molar-refractivity contribution is 5.92. The first-order valence-corrected chi connectivity index (χ1v) is 9.81. The van der Waals surface area contributed by atoms with E-state index in [1.54, 1.807) is 35.6 Å². The van der Waals surface area contributed by atoms with Gasteiger partial charge in [-0.15, -0.1) is 0 Å². The molecule has 0 unspecified atom stereocenters. The summed E-state index contributed by atoms with van der Waals surface area (Å²) in [6.07, 6.45) is 4.49. The van der Waals surface area contributed by atoms with E-state index in [-0.39, 0.29) is 23.8 Å². The minimum Gasteiger partial charge on any atom is -0.467 e. The number of piperidine rings is 1. The van der Waals surface area contributed by atoms with Crippen LogP contribution in [0.3, 0.4) is 0 Å². The van der Waals surface area contributed by atoms with Gasteiger partial charge in [-0.25, -0.2) is 0 Å². The molecule has 0 saturated carbocycles. The fourth-order valence-electron chi connectivity index (χ4n) is 3.68. The summed E-state index contributed by atoms with van der Waals surface area (Å²) >= 11 is 0. The molecule has 29 heavy (non-hydrogen) atoms. The van der Waals surface area contributed by atoms with Gasteiger partial charge in [0, 0.05) is 25.2 Å². The van der Waals surface area contributed by atoms with Gasteiger partial charge in [0.05, 0.1) is 6.26 Å². The molecule has 3 aromatic rings. The van der Waals surface area contributed by atoms with Crippen molar-refractivity contribution in [2.24, 2.45) is 5.92 Å². The number of pyridine rings is 1. The van der Waals surface area contributed by atoms with Gasteiger partial charge in [-0.05, 0) is 42.7 Å². The number of amides is 2. The Labute approximate surface area is 169 Å². The van der Waals surface area contributed by atoms with Gasteiger partial charge in [0.15, 0.2) is 0 Å². The molecule has 2 amide bonds. The van der Waals surface area contributed by atoms with Crippen LogP contribution in [-0.2, 0) is 4.79 Å². The molecule has 1 N–H and O–H groups in total. The van der Waals surface area contributed by atoms with Crippen molar-refractivity contribution >= 4 is 11.8 Å². The number of furan rings is 1. The van der Waals surface area contributed by atoms with Crippen LogP contribution in [0.25, 0.3) is 0 Å². The Morgan fingerprint density at radius 1 is 1.00 bits per heavy atom. The molecule has 0 bridgehead atoms. The zero-order valence-corrected chi connectivity index (χ0v) is 16.0. The predicted octanol–water partition coefficient (Wildman–Crippen LogP) is 3.43. The molecule has 0 spiro atoms. The number of nitrogens with one attached hydrogen (secondary N) is 1. The van der Waals surface area contributed by atoms with Gasteiger partial charge in [0.1, 0.15) is 17.5 Å². The van der Waals surface area contributed by atoms with Gasteiger partial charge in [-0.2, -0.15) is 0 Å². The van der Waals surface area contributed by atoms with Gasteiger partial charge in [-0.1, -0.05) is 36.4 Å². The highest BCUT2D eigenvalue weighted by Crippen LogP contribution is 2.25. The monoisotopic (exact) mass is 389 g/mol. The zero-order valence-electron chi connectivity index (χ0n) is 16.0. The quantitative estimate of drug-likeness (QED) is 0.725. The largest absolute Gasteiger partial charge is 0.467 e. The normalized spacial score (nSPS) is 15.7. The summed E-state index contributed by atoms with van der Waals surface area (Å²) in [4.78, 5) is 31.4. The molecule has 6 heteroatoms. The number of hydrogen-bond donors (Lipinski definition) is 1. The summed E-state index contributed by atoms with van der Waals surface area (Å²) < 4.78 is 5.56. The molecule has 0 radical (unpaired) electrons. The standard InChI is InChI=1S/C23H23N3O3/c27-22(25-21(20-10-6-16-29-20)17-7-2-1-3-8-17)18-11-14-26(15-12-18)23(28)19-9-4-5-13-24-19/h1-10,13,16,18,21H,11-12,14-15H2,(H,25,27)/t21-/m0/s1. The molecule has 1 saturated heterocycles. The maximum absolute atomic E-state index is 13.0. The Morgan fingerprint density at radius 2 is 1.76 bits per heavy atom. The van der Waals surface area contributed by atoms with E-state index in [0.29, 0.717) is 37.4 Å². The fraction of sp³-hybridized carbons (Fsp3) is 0.261. The average molecular weight is 389 g/mol. The van der Waals surface area contributed by atoms with E-state index in [0.717, 1.165) is 5.56 Å². The number of aromatic nitrogens is 1. The number of likely N-dealkylation sites (tertiary alicyclic amines) is 1. The Kier molecular flexibility index (Phi) is 5.70. The van der Waals surface area contributed by atoms with Crippen LogP contribution in [0.1, 0.15) is 40.7 Å². The lowest BCUT2D eigenvalue weighted by Crippen LogP contribution is -2.44. The van der Waals surface area contributed by atoms with Crippen LogP contribution in [0, 0.1) is 5.92 Å². The zero-order chi connectivity index (χ0) is 20.1. The predicted molar refractivity (Wildman–Crippen MR) is 108 cm³/mol. The minimum absolute atomic E-state index is 0.0137. The smallest absolute Gasteiger partial charge is 0.272 e. The molecular formula is C23H23N3O3. The van der Waals surface area contributed by atoms with Crippen LogP contribution in [0.5, 0.6) is 0 Å². The SMILES string of the molecule is O=C(N[C@@H](c1ccccc1)c1ccco1)C1CCN(C(=O)c2ccccn2)CC1. The molecule has 1 aliphatic rings. The Hall–Kier alpha value is -3.41. The van der Waals surface area contributed by atoms with Gasteiger partial charge < -0.3 is 14.6 Å². The number of carbonyl (C=O) groups excluding carboxylic acids is 2. The minimum atomic E-state index is -0.327. The highest BCUT2D eigenvalue weighted by Gasteiger charge is 2.30. The van der Waals surface area contributed by atoms with Gasteiger partial charge >= 0.3 is 0 Å². The number of nitrogens with zero attached hydrogens (tertiary/aromatic N) is 2. The second kappa shape index (κ2) is 8.73. The second-order valence-electron chi connectivity index (χ2n) is 7.15. The molecule has 1 fully saturated rings. The molecule has 2 aromatic heterocycles. The van der Waals surface area contributed by atoms with Crippen LogP contribution < -0.4 is 5.32 Å². The van der Waals surface area contributed by atoms with Crippen LogP contribution in [0.2, 0.25) is 0 Å². The van der Waals surface area contributed by atoms with Crippen LogP contribution in [0.15, 0.2) is 77.5 Å². The first kappa shape index (κ1) is 18.9. The third-order valence-corrected chi connectivity index (χ3v) is 5.28. The number of carbonyl (C=O) groups is 2. The lowest BCUT2D eigenvalue weighted by Gasteiger charge is -2.32. The first-order valence-electron chi connectivity index (χ1n) is 9.81. The third kappa shape index (κ3) is 4.37. The number of rotatable bonds is 5. The maximum Gasteiger partial charge on any atom is 0.272 e. The van der Waals surface area contributed by atoms with E-state index in [1.165, 1.54) is 0 Å². The lowest BCUT2D eigenvalue weighted by atomic mass is 9.94. The van der Waals surface area contributed by atoms with E-state index >= 15 is 0 Å². The van der Waals surface area contributed by atoms with E-state index in [1.807, 2.05) is 42.5 Å². The topological polar surface area (TPSA) is 75.4 Å². The van der Waals surface area contributed by atoms with Crippen molar-refractivity contribution < 1.29 is 14.0 Å². The van der Waals surface area contributed by atoms with Crippen LogP contribution in [-0.4, -0.2) is 34.8 Å². The molecule has 1 atom stereocenters. The van der Waals surface area contributed by atoms with Crippen molar-refractivity contribution in [3.8, 4) is 0 Å². The number of benzene rings is 1. The molecular weight excluding hydrogens is 366 g/mol. The van der Waals surface area contributed by atoms with Crippen molar-refractivity contribution in [3.05, 3.63) is 90.1 Å². The van der Waals surface area contributed by atoms with E-state index in [9.17, 15) is 9.59 Å². The summed E-state index contributed by atoms with van der Waals surface area (Å²) in [6, 6.07) is 18.4. The average Bonchev–Trinajstić information content (AvgIpc) is 3.33. The Morgan fingerprint density at radius 3 is 2.41 bits per heavy atom. The maximum atomic E-state index is 13.0. The van der Waals surface area contributed by atoms with E-state index in [2.05, 4.69) is 10.3 Å². The van der Waals surface area contributed by atoms with Gasteiger partial charge in [0.25, 0.3) is 5.91 Å². The van der Waals surface area contributed by atoms with Crippen molar-refractivity contribution in [1.82, 2.24) is 15.2 Å². The van der Waals surface area contributed by atoms with Crippen molar-refractivity contribution in [1.29, 1.82) is 0 Å². The third-order valence-electron chi connectivity index (χ3n) is 5.28. The summed E-state index contributed by atoms with van der Waals surface area (Å²) in [5.74, 6) is 0.471. The molecule has 1 aliphatic heterocycles. The first-order chi connectivity index (χ1) is 14.2. The summed E-state index contributed by atoms with van der Waals surface area (Å²) in [7, 11) is 0. The highest BCUT2D eigenvalue weighted by atomic mass is 16.3. The van der Waals surface area contributed by atoms with Crippen molar-refractivity contribution in [2.75, 3.05) is 13.1 Å². The van der Waals surface area contributed by atoms with Gasteiger partial charge in [0.2, 0.25) is 5.91 Å². The summed E-state index contributed by atoms with van der Waals surface area (Å²) in [5, 5.41) is 3.13. The Balaban J connectivity index is 1.39. The van der Waals surface area contributed by atoms with Crippen LogP contribution in [0.4, 0.5) is 0 Å². The summed E-state index contributed by atoms with van der Waals surface area (Å²) in [6.45, 7) is 1.09. The van der Waals surface area contributed by atoms with Gasteiger partial charge in [-0.3, -0.25) is 14.6 Å². The molecule has 1 aromatic carbocycles.